The van der Waals surface area contributed by atoms with Crippen molar-refractivity contribution in [3.63, 3.8) is 0 Å². The summed E-state index contributed by atoms with van der Waals surface area (Å²) in [6.07, 6.45) is 1.70. The van der Waals surface area contributed by atoms with E-state index in [2.05, 4.69) is 6.58 Å². The van der Waals surface area contributed by atoms with E-state index in [-0.39, 0.29) is 5.78 Å². The monoisotopic (exact) mass is 278 g/mol. The second kappa shape index (κ2) is 9.28. The average Bonchev–Trinajstić information content (AvgIpc) is 2.41. The Morgan fingerprint density at radius 3 is 2.55 bits per heavy atom. The molecule has 1 rings (SSSR count). The van der Waals surface area contributed by atoms with Crippen molar-refractivity contribution in [1.29, 1.82) is 0 Å². The summed E-state index contributed by atoms with van der Waals surface area (Å²) in [4.78, 5) is 11.3. The number of ether oxygens (including phenoxy) is 3. The number of ketones is 1. The summed E-state index contributed by atoms with van der Waals surface area (Å²) < 4.78 is 16.1. The molecule has 0 bridgehead atoms. The summed E-state index contributed by atoms with van der Waals surface area (Å²) in [6.45, 7) is 9.64. The Kier molecular flexibility index (Phi) is 7.62. The lowest BCUT2D eigenvalue weighted by atomic mass is 10.1. The van der Waals surface area contributed by atoms with E-state index in [1.807, 2.05) is 13.0 Å². The van der Waals surface area contributed by atoms with Gasteiger partial charge in [-0.25, -0.2) is 0 Å². The molecule has 0 spiro atoms. The number of hydrogen-bond acceptors (Lipinski definition) is 4. The first-order valence-electron chi connectivity index (χ1n) is 6.66. The van der Waals surface area contributed by atoms with Crippen LogP contribution in [0.5, 0.6) is 5.75 Å². The molecule has 0 amide bonds. The van der Waals surface area contributed by atoms with E-state index >= 15 is 0 Å². The quantitative estimate of drug-likeness (QED) is 0.375. The fourth-order valence-electron chi connectivity index (χ4n) is 1.73. The van der Waals surface area contributed by atoms with E-state index < -0.39 is 0 Å². The van der Waals surface area contributed by atoms with Gasteiger partial charge in [0.05, 0.1) is 26.4 Å². The normalized spacial score (nSPS) is 10.3. The number of aryl methyl sites for hydroxylation is 1. The molecule has 0 aliphatic carbocycles. The van der Waals surface area contributed by atoms with Crippen molar-refractivity contribution in [1.82, 2.24) is 0 Å². The predicted octanol–water partition coefficient (Wildman–Crippen LogP) is 2.80. The summed E-state index contributed by atoms with van der Waals surface area (Å²) in [7, 11) is 0. The highest BCUT2D eigenvalue weighted by molar-refractivity contribution is 5.95. The summed E-state index contributed by atoms with van der Waals surface area (Å²) in [5.41, 5.74) is 1.65. The molecule has 1 aromatic carbocycles. The molecule has 0 fully saturated rings. The van der Waals surface area contributed by atoms with Gasteiger partial charge in [0, 0.05) is 5.56 Å². The lowest BCUT2D eigenvalue weighted by Gasteiger charge is -2.09. The molecule has 0 N–H and O–H groups in total. The molecule has 0 unspecified atom stereocenters. The van der Waals surface area contributed by atoms with Crippen LogP contribution in [0.2, 0.25) is 0 Å². The topological polar surface area (TPSA) is 44.8 Å². The number of carbonyl (C=O) groups excluding carboxylic acids is 1. The van der Waals surface area contributed by atoms with Crippen LogP contribution in [-0.2, 0) is 9.47 Å². The molecule has 4 nitrogen and oxygen atoms in total. The smallest absolute Gasteiger partial charge is 0.160 e. The van der Waals surface area contributed by atoms with Crippen molar-refractivity contribution in [2.75, 3.05) is 33.0 Å². The molecule has 0 heterocycles. The van der Waals surface area contributed by atoms with Crippen LogP contribution >= 0.6 is 0 Å². The standard InChI is InChI=1S/C16H22O4/c1-4-7-18-8-9-19-10-11-20-15-5-6-16(14(3)17)13(2)12-15/h4-6,12H,1,7-11H2,2-3H3. The average molecular weight is 278 g/mol. The minimum absolute atomic E-state index is 0.0666. The highest BCUT2D eigenvalue weighted by atomic mass is 16.5. The van der Waals surface area contributed by atoms with Crippen LogP contribution in [0, 0.1) is 6.92 Å². The molecule has 4 heteroatoms. The molecular weight excluding hydrogens is 256 g/mol. The maximum Gasteiger partial charge on any atom is 0.160 e. The SMILES string of the molecule is C=CCOCCOCCOc1ccc(C(C)=O)c(C)c1. The summed E-state index contributed by atoms with van der Waals surface area (Å²) in [5.74, 6) is 0.816. The van der Waals surface area contributed by atoms with Gasteiger partial charge < -0.3 is 14.2 Å². The van der Waals surface area contributed by atoms with Gasteiger partial charge >= 0.3 is 0 Å². The Labute approximate surface area is 120 Å². The highest BCUT2D eigenvalue weighted by Crippen LogP contribution is 2.17. The second-order valence-electron chi connectivity index (χ2n) is 4.36. The molecule has 110 valence electrons. The zero-order valence-electron chi connectivity index (χ0n) is 12.2. The molecule has 20 heavy (non-hydrogen) atoms. The third-order valence-electron chi connectivity index (χ3n) is 2.68. The van der Waals surface area contributed by atoms with Crippen LogP contribution in [-0.4, -0.2) is 38.8 Å². The van der Waals surface area contributed by atoms with Crippen LogP contribution in [0.25, 0.3) is 0 Å². The maximum absolute atomic E-state index is 11.3. The van der Waals surface area contributed by atoms with E-state index in [9.17, 15) is 4.79 Å². The zero-order valence-corrected chi connectivity index (χ0v) is 12.2. The molecule has 0 saturated heterocycles. The first-order chi connectivity index (χ1) is 9.65. The summed E-state index contributed by atoms with van der Waals surface area (Å²) in [5, 5.41) is 0. The largest absolute Gasteiger partial charge is 0.491 e. The molecule has 0 aliphatic heterocycles. The molecule has 0 aliphatic rings. The van der Waals surface area contributed by atoms with Crippen LogP contribution in [0.3, 0.4) is 0 Å². The van der Waals surface area contributed by atoms with Crippen molar-refractivity contribution in [2.24, 2.45) is 0 Å². The van der Waals surface area contributed by atoms with E-state index in [0.717, 1.165) is 16.9 Å². The Hall–Kier alpha value is -1.65. The van der Waals surface area contributed by atoms with E-state index in [1.54, 1.807) is 25.1 Å². The van der Waals surface area contributed by atoms with Gasteiger partial charge in [0.2, 0.25) is 0 Å². The van der Waals surface area contributed by atoms with Crippen molar-refractivity contribution in [2.45, 2.75) is 13.8 Å². The maximum atomic E-state index is 11.3. The van der Waals surface area contributed by atoms with Crippen molar-refractivity contribution >= 4 is 5.78 Å². The van der Waals surface area contributed by atoms with Gasteiger partial charge in [-0.15, -0.1) is 6.58 Å². The van der Waals surface area contributed by atoms with Crippen molar-refractivity contribution in [3.05, 3.63) is 42.0 Å². The number of rotatable bonds is 10. The van der Waals surface area contributed by atoms with Gasteiger partial charge in [-0.1, -0.05) is 6.08 Å². The van der Waals surface area contributed by atoms with Gasteiger partial charge in [-0.3, -0.25) is 4.79 Å². The Morgan fingerprint density at radius 2 is 1.90 bits per heavy atom. The minimum atomic E-state index is 0.0666. The fourth-order valence-corrected chi connectivity index (χ4v) is 1.73. The van der Waals surface area contributed by atoms with Crippen LogP contribution in [0.15, 0.2) is 30.9 Å². The van der Waals surface area contributed by atoms with Crippen molar-refractivity contribution < 1.29 is 19.0 Å². The first-order valence-corrected chi connectivity index (χ1v) is 6.66. The first kappa shape index (κ1) is 16.4. The number of Topliss-reactive ketones (excluding diaryl/α,β-unsaturated/α-hetero) is 1. The lowest BCUT2D eigenvalue weighted by Crippen LogP contribution is -2.11. The molecule has 0 saturated carbocycles. The minimum Gasteiger partial charge on any atom is -0.491 e. The van der Waals surface area contributed by atoms with Gasteiger partial charge in [0.1, 0.15) is 12.4 Å². The molecule has 0 atom stereocenters. The zero-order chi connectivity index (χ0) is 14.8. The van der Waals surface area contributed by atoms with Gasteiger partial charge in [0.15, 0.2) is 5.78 Å². The van der Waals surface area contributed by atoms with Crippen LogP contribution in [0.4, 0.5) is 0 Å². The van der Waals surface area contributed by atoms with Crippen LogP contribution in [0.1, 0.15) is 22.8 Å². The molecule has 0 aromatic heterocycles. The van der Waals surface area contributed by atoms with Crippen LogP contribution < -0.4 is 4.74 Å². The van der Waals surface area contributed by atoms with E-state index in [4.69, 9.17) is 14.2 Å². The third-order valence-corrected chi connectivity index (χ3v) is 2.68. The Balaban J connectivity index is 2.21. The lowest BCUT2D eigenvalue weighted by molar-refractivity contribution is 0.0449. The summed E-state index contributed by atoms with van der Waals surface area (Å²) in [6, 6.07) is 5.46. The Bertz CT molecular complexity index is 440. The third kappa shape index (κ3) is 5.99. The number of hydrogen-bond donors (Lipinski definition) is 0. The Morgan fingerprint density at radius 1 is 1.20 bits per heavy atom. The predicted molar refractivity (Wildman–Crippen MR) is 78.5 cm³/mol. The summed E-state index contributed by atoms with van der Waals surface area (Å²) >= 11 is 0. The molecule has 1 aromatic rings. The molecular formula is C16H22O4. The fraction of sp³-hybridized carbons (Fsp3) is 0.438. The van der Waals surface area contributed by atoms with Gasteiger partial charge in [-0.2, -0.15) is 0 Å². The van der Waals surface area contributed by atoms with Gasteiger partial charge in [-0.05, 0) is 37.6 Å². The second-order valence-corrected chi connectivity index (χ2v) is 4.36. The highest BCUT2D eigenvalue weighted by Gasteiger charge is 2.04. The van der Waals surface area contributed by atoms with Gasteiger partial charge in [0.25, 0.3) is 0 Å². The van der Waals surface area contributed by atoms with Crippen molar-refractivity contribution in [3.8, 4) is 5.75 Å². The van der Waals surface area contributed by atoms with E-state index in [1.165, 1.54) is 0 Å². The number of benzene rings is 1. The molecule has 0 radical (unpaired) electrons. The van der Waals surface area contributed by atoms with E-state index in [0.29, 0.717) is 33.0 Å². The number of carbonyl (C=O) groups is 1.